The second-order valence-corrected chi connectivity index (χ2v) is 7.48. The Kier molecular flexibility index (Phi) is 5.50. The number of anilines is 1. The minimum atomic E-state index is 0.520. The Hall–Kier alpha value is -0.540. The van der Waals surface area contributed by atoms with Gasteiger partial charge in [0.15, 0.2) is 0 Å². The molecular formula is C17H27BrN2. The van der Waals surface area contributed by atoms with E-state index in [1.54, 1.807) is 0 Å². The van der Waals surface area contributed by atoms with Crippen LogP contribution in [0.5, 0.6) is 0 Å². The summed E-state index contributed by atoms with van der Waals surface area (Å²) in [6, 6.07) is 7.95. The number of nitrogens with one attached hydrogen (secondary N) is 1. The maximum absolute atomic E-state index is 3.64. The van der Waals surface area contributed by atoms with Crippen LogP contribution >= 0.6 is 15.9 Å². The van der Waals surface area contributed by atoms with Gasteiger partial charge in [0.1, 0.15) is 0 Å². The Labute approximate surface area is 132 Å². The van der Waals surface area contributed by atoms with Crippen molar-refractivity contribution in [2.75, 3.05) is 11.4 Å². The third-order valence-corrected chi connectivity index (χ3v) is 4.19. The molecule has 0 heterocycles. The van der Waals surface area contributed by atoms with Crippen molar-refractivity contribution in [1.82, 2.24) is 5.32 Å². The molecule has 3 heteroatoms. The molecule has 0 atom stereocenters. The van der Waals surface area contributed by atoms with E-state index < -0.39 is 0 Å². The lowest BCUT2D eigenvalue weighted by Gasteiger charge is -2.33. The Bertz CT molecular complexity index is 439. The average molecular weight is 339 g/mol. The molecule has 2 rings (SSSR count). The van der Waals surface area contributed by atoms with Crippen LogP contribution in [-0.4, -0.2) is 18.6 Å². The molecule has 1 saturated carbocycles. The van der Waals surface area contributed by atoms with Crippen LogP contribution in [-0.2, 0) is 6.54 Å². The van der Waals surface area contributed by atoms with Crippen molar-refractivity contribution in [1.29, 1.82) is 0 Å². The number of benzene rings is 1. The fraction of sp³-hybridized carbons (Fsp3) is 0.647. The molecule has 2 nitrogen and oxygen atoms in total. The summed E-state index contributed by atoms with van der Waals surface area (Å²) in [5.74, 6) is 0.667. The van der Waals surface area contributed by atoms with Crippen molar-refractivity contribution < 1.29 is 0 Å². The van der Waals surface area contributed by atoms with Crippen LogP contribution in [0, 0.1) is 5.92 Å². The summed E-state index contributed by atoms with van der Waals surface area (Å²) in [4.78, 5) is 2.53. The first-order chi connectivity index (χ1) is 9.47. The second-order valence-electron chi connectivity index (χ2n) is 6.57. The van der Waals surface area contributed by atoms with E-state index in [4.69, 9.17) is 0 Å². The van der Waals surface area contributed by atoms with Gasteiger partial charge in [-0.1, -0.05) is 35.8 Å². The van der Waals surface area contributed by atoms with Crippen LogP contribution in [0.2, 0.25) is 0 Å². The molecule has 1 aromatic carbocycles. The number of nitrogens with zero attached hydrogens (tertiary/aromatic N) is 1. The third-order valence-electron chi connectivity index (χ3n) is 3.70. The molecule has 0 aromatic heterocycles. The molecule has 1 N–H and O–H groups in total. The number of halogens is 1. The largest absolute Gasteiger partial charge is 0.369 e. The van der Waals surface area contributed by atoms with Crippen molar-refractivity contribution in [2.24, 2.45) is 5.92 Å². The SMILES string of the molecule is CC(C)CN(c1cc(Br)ccc1CNC1CC1)C(C)C. The number of hydrogen-bond acceptors (Lipinski definition) is 2. The summed E-state index contributed by atoms with van der Waals surface area (Å²) in [5.41, 5.74) is 2.78. The van der Waals surface area contributed by atoms with Crippen molar-refractivity contribution >= 4 is 21.6 Å². The minimum Gasteiger partial charge on any atom is -0.369 e. The Morgan fingerprint density at radius 3 is 2.50 bits per heavy atom. The van der Waals surface area contributed by atoms with Gasteiger partial charge in [-0.05, 0) is 50.3 Å². The van der Waals surface area contributed by atoms with Gasteiger partial charge in [0, 0.05) is 35.3 Å². The van der Waals surface area contributed by atoms with E-state index in [1.165, 1.54) is 24.1 Å². The molecule has 1 aromatic rings. The molecule has 0 spiro atoms. The standard InChI is InChI=1S/C17H27BrN2/c1-12(2)11-20(13(3)4)17-9-15(18)6-5-14(17)10-19-16-7-8-16/h5-6,9,12-13,16,19H,7-8,10-11H2,1-4H3. The highest BCUT2D eigenvalue weighted by molar-refractivity contribution is 9.10. The van der Waals surface area contributed by atoms with Gasteiger partial charge >= 0.3 is 0 Å². The predicted molar refractivity (Wildman–Crippen MR) is 91.3 cm³/mol. The number of rotatable bonds is 7. The third kappa shape index (κ3) is 4.49. The van der Waals surface area contributed by atoms with Crippen molar-refractivity contribution in [3.8, 4) is 0 Å². The van der Waals surface area contributed by atoms with Crippen LogP contribution in [0.3, 0.4) is 0 Å². The van der Waals surface area contributed by atoms with E-state index >= 15 is 0 Å². The lowest BCUT2D eigenvalue weighted by atomic mass is 10.1. The molecule has 1 aliphatic carbocycles. The second kappa shape index (κ2) is 6.95. The van der Waals surface area contributed by atoms with Gasteiger partial charge in [-0.25, -0.2) is 0 Å². The zero-order valence-electron chi connectivity index (χ0n) is 13.1. The number of hydrogen-bond donors (Lipinski definition) is 1. The predicted octanol–water partition coefficient (Wildman–Crippen LogP) is 4.57. The van der Waals surface area contributed by atoms with Gasteiger partial charge in [-0.2, -0.15) is 0 Å². The first-order valence-corrected chi connectivity index (χ1v) is 8.55. The van der Waals surface area contributed by atoms with E-state index in [1.807, 2.05) is 0 Å². The van der Waals surface area contributed by atoms with Gasteiger partial charge in [0.25, 0.3) is 0 Å². The van der Waals surface area contributed by atoms with Gasteiger partial charge in [0.05, 0.1) is 0 Å². The van der Waals surface area contributed by atoms with Crippen molar-refractivity contribution in [3.63, 3.8) is 0 Å². The summed E-state index contributed by atoms with van der Waals surface area (Å²) >= 11 is 3.63. The highest BCUT2D eigenvalue weighted by Gasteiger charge is 2.22. The zero-order chi connectivity index (χ0) is 14.7. The van der Waals surface area contributed by atoms with E-state index in [9.17, 15) is 0 Å². The minimum absolute atomic E-state index is 0.520. The Morgan fingerprint density at radius 1 is 1.25 bits per heavy atom. The summed E-state index contributed by atoms with van der Waals surface area (Å²) in [5, 5.41) is 3.64. The van der Waals surface area contributed by atoms with E-state index in [2.05, 4.69) is 72.0 Å². The van der Waals surface area contributed by atoms with Gasteiger partial charge in [-0.3, -0.25) is 0 Å². The van der Waals surface area contributed by atoms with Crippen molar-refractivity contribution in [2.45, 2.75) is 59.2 Å². The average Bonchev–Trinajstić information content (AvgIpc) is 3.18. The molecule has 0 aliphatic heterocycles. The van der Waals surface area contributed by atoms with Crippen molar-refractivity contribution in [3.05, 3.63) is 28.2 Å². The smallest absolute Gasteiger partial charge is 0.0425 e. The molecule has 0 amide bonds. The van der Waals surface area contributed by atoms with Gasteiger partial charge < -0.3 is 10.2 Å². The molecule has 0 bridgehead atoms. The van der Waals surface area contributed by atoms with E-state index in [0.29, 0.717) is 12.0 Å². The molecule has 112 valence electrons. The summed E-state index contributed by atoms with van der Waals surface area (Å²) < 4.78 is 1.16. The Morgan fingerprint density at radius 2 is 1.95 bits per heavy atom. The topological polar surface area (TPSA) is 15.3 Å². The maximum atomic E-state index is 3.64. The zero-order valence-corrected chi connectivity index (χ0v) is 14.7. The maximum Gasteiger partial charge on any atom is 0.0425 e. The molecule has 20 heavy (non-hydrogen) atoms. The fourth-order valence-corrected chi connectivity index (χ4v) is 2.83. The lowest BCUT2D eigenvalue weighted by Crippen LogP contribution is -2.35. The quantitative estimate of drug-likeness (QED) is 0.783. The normalized spacial score (nSPS) is 15.2. The monoisotopic (exact) mass is 338 g/mol. The van der Waals surface area contributed by atoms with E-state index in [0.717, 1.165) is 23.6 Å². The van der Waals surface area contributed by atoms with Crippen LogP contribution in [0.1, 0.15) is 46.1 Å². The lowest BCUT2D eigenvalue weighted by molar-refractivity contribution is 0.567. The summed E-state index contributed by atoms with van der Waals surface area (Å²) in [6.07, 6.45) is 2.68. The summed E-state index contributed by atoms with van der Waals surface area (Å²) in [7, 11) is 0. The molecular weight excluding hydrogens is 312 g/mol. The molecule has 0 saturated heterocycles. The highest BCUT2D eigenvalue weighted by Crippen LogP contribution is 2.29. The fourth-order valence-electron chi connectivity index (χ4n) is 2.48. The van der Waals surface area contributed by atoms with Crippen LogP contribution in [0.15, 0.2) is 22.7 Å². The molecule has 0 radical (unpaired) electrons. The molecule has 0 unspecified atom stereocenters. The highest BCUT2D eigenvalue weighted by atomic mass is 79.9. The van der Waals surface area contributed by atoms with Crippen LogP contribution in [0.25, 0.3) is 0 Å². The van der Waals surface area contributed by atoms with Gasteiger partial charge in [0.2, 0.25) is 0 Å². The van der Waals surface area contributed by atoms with E-state index in [-0.39, 0.29) is 0 Å². The molecule has 1 fully saturated rings. The first-order valence-electron chi connectivity index (χ1n) is 7.75. The summed E-state index contributed by atoms with van der Waals surface area (Å²) in [6.45, 7) is 11.2. The molecule has 1 aliphatic rings. The first kappa shape index (κ1) is 15.8. The van der Waals surface area contributed by atoms with Crippen LogP contribution < -0.4 is 10.2 Å². The van der Waals surface area contributed by atoms with Gasteiger partial charge in [-0.15, -0.1) is 0 Å². The Balaban J connectivity index is 2.21. The van der Waals surface area contributed by atoms with Crippen LogP contribution in [0.4, 0.5) is 5.69 Å².